The highest BCUT2D eigenvalue weighted by Crippen LogP contribution is 2.19. The van der Waals surface area contributed by atoms with Gasteiger partial charge in [-0.3, -0.25) is 9.59 Å². The van der Waals surface area contributed by atoms with E-state index in [0.29, 0.717) is 16.8 Å². The van der Waals surface area contributed by atoms with Gasteiger partial charge in [0.25, 0.3) is 5.91 Å². The van der Waals surface area contributed by atoms with E-state index in [1.807, 2.05) is 44.2 Å². The van der Waals surface area contributed by atoms with Gasteiger partial charge in [-0.2, -0.15) is 5.10 Å². The predicted octanol–water partition coefficient (Wildman–Crippen LogP) is 2.45. The Morgan fingerprint density at radius 3 is 2.35 bits per heavy atom. The van der Waals surface area contributed by atoms with E-state index in [2.05, 4.69) is 10.4 Å². The Kier molecular flexibility index (Phi) is 4.84. The third-order valence-electron chi connectivity index (χ3n) is 4.29. The van der Waals surface area contributed by atoms with Crippen LogP contribution in [0.2, 0.25) is 0 Å². The van der Waals surface area contributed by atoms with Gasteiger partial charge in [0.1, 0.15) is 6.04 Å². The number of carbonyl (C=O) groups excluding carboxylic acids is 2. The largest absolute Gasteiger partial charge is 0.368 e. The summed E-state index contributed by atoms with van der Waals surface area (Å²) < 4.78 is 1.71. The normalized spacial score (nSPS) is 11.8. The number of aryl methyl sites for hydroxylation is 1. The fourth-order valence-electron chi connectivity index (χ4n) is 2.85. The summed E-state index contributed by atoms with van der Waals surface area (Å²) in [7, 11) is 0. The first-order chi connectivity index (χ1) is 12.5. The van der Waals surface area contributed by atoms with Gasteiger partial charge in [-0.1, -0.05) is 48.5 Å². The van der Waals surface area contributed by atoms with Gasteiger partial charge in [-0.05, 0) is 31.0 Å². The van der Waals surface area contributed by atoms with E-state index in [-0.39, 0.29) is 0 Å². The van der Waals surface area contributed by atoms with E-state index in [4.69, 9.17) is 5.73 Å². The molecule has 0 bridgehead atoms. The minimum absolute atomic E-state index is 0.394. The minimum Gasteiger partial charge on any atom is -0.368 e. The average molecular weight is 348 g/mol. The molecule has 1 aromatic heterocycles. The first-order valence-corrected chi connectivity index (χ1v) is 8.25. The van der Waals surface area contributed by atoms with Gasteiger partial charge in [0.05, 0.1) is 23.1 Å². The Balaban J connectivity index is 1.89. The molecule has 0 fully saturated rings. The van der Waals surface area contributed by atoms with E-state index < -0.39 is 17.9 Å². The second-order valence-electron chi connectivity index (χ2n) is 6.06. The van der Waals surface area contributed by atoms with Crippen molar-refractivity contribution in [2.45, 2.75) is 19.9 Å². The van der Waals surface area contributed by atoms with Gasteiger partial charge in [0, 0.05) is 0 Å². The molecule has 132 valence electrons. The van der Waals surface area contributed by atoms with Gasteiger partial charge >= 0.3 is 0 Å². The lowest BCUT2D eigenvalue weighted by atomic mass is 10.1. The number of aromatic nitrogens is 2. The fraction of sp³-hybridized carbons (Fsp3) is 0.150. The molecule has 2 aromatic carbocycles. The molecule has 0 aliphatic carbocycles. The van der Waals surface area contributed by atoms with Crippen LogP contribution in [0.25, 0.3) is 5.69 Å². The first kappa shape index (κ1) is 17.4. The first-order valence-electron chi connectivity index (χ1n) is 8.25. The molecule has 3 aromatic rings. The van der Waals surface area contributed by atoms with Crippen molar-refractivity contribution in [2.24, 2.45) is 5.73 Å². The summed E-state index contributed by atoms with van der Waals surface area (Å²) in [5.41, 5.74) is 9.15. The van der Waals surface area contributed by atoms with E-state index in [1.54, 1.807) is 28.9 Å². The van der Waals surface area contributed by atoms with Crippen LogP contribution in [-0.4, -0.2) is 21.6 Å². The molecule has 0 saturated carbocycles. The molecule has 26 heavy (non-hydrogen) atoms. The Bertz CT molecular complexity index is 947. The van der Waals surface area contributed by atoms with Gasteiger partial charge in [0.15, 0.2) is 0 Å². The van der Waals surface area contributed by atoms with Crippen LogP contribution in [0.5, 0.6) is 0 Å². The van der Waals surface area contributed by atoms with Crippen molar-refractivity contribution < 1.29 is 9.59 Å². The summed E-state index contributed by atoms with van der Waals surface area (Å²) in [6, 6.07) is 15.8. The van der Waals surface area contributed by atoms with Crippen molar-refractivity contribution in [1.29, 1.82) is 0 Å². The second-order valence-corrected chi connectivity index (χ2v) is 6.06. The smallest absolute Gasteiger partial charge is 0.255 e. The molecule has 3 rings (SSSR count). The lowest BCUT2D eigenvalue weighted by Crippen LogP contribution is -2.37. The van der Waals surface area contributed by atoms with Crippen molar-refractivity contribution in [3.63, 3.8) is 0 Å². The second kappa shape index (κ2) is 7.23. The molecule has 0 aliphatic rings. The summed E-state index contributed by atoms with van der Waals surface area (Å²) in [4.78, 5) is 24.5. The number of nitrogens with zero attached hydrogens (tertiary/aromatic N) is 2. The number of para-hydroxylation sites is 1. The summed E-state index contributed by atoms with van der Waals surface area (Å²) in [6.45, 7) is 3.80. The van der Waals surface area contributed by atoms with Crippen LogP contribution in [0, 0.1) is 13.8 Å². The SMILES string of the molecule is Cc1ccccc1-n1ncc(C(=O)N[C@@H](C(N)=O)c2ccccc2)c1C. The monoisotopic (exact) mass is 348 g/mol. The van der Waals surface area contributed by atoms with Crippen molar-refractivity contribution in [1.82, 2.24) is 15.1 Å². The van der Waals surface area contributed by atoms with Crippen LogP contribution >= 0.6 is 0 Å². The fourth-order valence-corrected chi connectivity index (χ4v) is 2.85. The van der Waals surface area contributed by atoms with Crippen molar-refractivity contribution >= 4 is 11.8 Å². The predicted molar refractivity (Wildman–Crippen MR) is 98.9 cm³/mol. The van der Waals surface area contributed by atoms with Gasteiger partial charge in [0.2, 0.25) is 5.91 Å². The van der Waals surface area contributed by atoms with E-state index in [0.717, 1.165) is 11.3 Å². The van der Waals surface area contributed by atoms with Crippen LogP contribution in [0.4, 0.5) is 0 Å². The quantitative estimate of drug-likeness (QED) is 0.742. The molecular weight excluding hydrogens is 328 g/mol. The summed E-state index contributed by atoms with van der Waals surface area (Å²) in [6.07, 6.45) is 1.50. The standard InChI is InChI=1S/C20H20N4O2/c1-13-8-6-7-11-17(13)24-14(2)16(12-22-24)20(26)23-18(19(21)25)15-9-4-3-5-10-15/h3-12,18H,1-2H3,(H2,21,25)(H,23,26)/t18-/m1/s1. The van der Waals surface area contributed by atoms with Crippen molar-refractivity contribution in [3.05, 3.63) is 83.2 Å². The molecule has 6 nitrogen and oxygen atoms in total. The highest BCUT2D eigenvalue weighted by molar-refractivity contribution is 5.98. The number of hydrogen-bond donors (Lipinski definition) is 2. The number of nitrogens with two attached hydrogens (primary N) is 1. The summed E-state index contributed by atoms with van der Waals surface area (Å²) in [5, 5.41) is 7.03. The van der Waals surface area contributed by atoms with Gasteiger partial charge in [-0.25, -0.2) is 4.68 Å². The third kappa shape index (κ3) is 3.35. The lowest BCUT2D eigenvalue weighted by molar-refractivity contribution is -0.120. The minimum atomic E-state index is -0.898. The topological polar surface area (TPSA) is 90.0 Å². The van der Waals surface area contributed by atoms with Crippen LogP contribution < -0.4 is 11.1 Å². The molecule has 3 N–H and O–H groups in total. The van der Waals surface area contributed by atoms with Crippen molar-refractivity contribution in [2.75, 3.05) is 0 Å². The molecule has 2 amide bonds. The molecule has 0 saturated heterocycles. The maximum absolute atomic E-state index is 12.7. The molecular formula is C20H20N4O2. The number of nitrogens with one attached hydrogen (secondary N) is 1. The maximum atomic E-state index is 12.7. The Labute approximate surface area is 151 Å². The van der Waals surface area contributed by atoms with Crippen molar-refractivity contribution in [3.8, 4) is 5.69 Å². The molecule has 0 spiro atoms. The van der Waals surface area contributed by atoms with Crippen LogP contribution in [0.3, 0.4) is 0 Å². The molecule has 1 heterocycles. The zero-order valence-corrected chi connectivity index (χ0v) is 14.6. The highest BCUT2D eigenvalue weighted by atomic mass is 16.2. The number of carbonyl (C=O) groups is 2. The van der Waals surface area contributed by atoms with Crippen LogP contribution in [-0.2, 0) is 4.79 Å². The van der Waals surface area contributed by atoms with E-state index in [1.165, 1.54) is 6.20 Å². The van der Waals surface area contributed by atoms with E-state index in [9.17, 15) is 9.59 Å². The Morgan fingerprint density at radius 1 is 1.04 bits per heavy atom. The van der Waals surface area contributed by atoms with E-state index >= 15 is 0 Å². The number of benzene rings is 2. The zero-order valence-electron chi connectivity index (χ0n) is 14.6. The Hall–Kier alpha value is -3.41. The number of rotatable bonds is 5. The molecule has 0 aliphatic heterocycles. The zero-order chi connectivity index (χ0) is 18.7. The molecule has 0 radical (unpaired) electrons. The van der Waals surface area contributed by atoms with Gasteiger partial charge in [-0.15, -0.1) is 0 Å². The average Bonchev–Trinajstić information content (AvgIpc) is 3.02. The number of amides is 2. The number of primary amides is 1. The third-order valence-corrected chi connectivity index (χ3v) is 4.29. The molecule has 6 heteroatoms. The van der Waals surface area contributed by atoms with Gasteiger partial charge < -0.3 is 11.1 Å². The maximum Gasteiger partial charge on any atom is 0.255 e. The summed E-state index contributed by atoms with van der Waals surface area (Å²) >= 11 is 0. The molecule has 1 atom stereocenters. The Morgan fingerprint density at radius 2 is 1.69 bits per heavy atom. The highest BCUT2D eigenvalue weighted by Gasteiger charge is 2.23. The van der Waals surface area contributed by atoms with Crippen LogP contribution in [0.1, 0.15) is 33.2 Å². The lowest BCUT2D eigenvalue weighted by Gasteiger charge is -2.16. The summed E-state index contributed by atoms with van der Waals surface area (Å²) in [5.74, 6) is -1.01. The van der Waals surface area contributed by atoms with Crippen LogP contribution in [0.15, 0.2) is 60.8 Å². The number of hydrogen-bond acceptors (Lipinski definition) is 3. The molecule has 0 unspecified atom stereocenters.